The molecule has 4 rings (SSSR count). The van der Waals surface area contributed by atoms with Crippen LogP contribution < -0.4 is 9.47 Å². The van der Waals surface area contributed by atoms with Crippen molar-refractivity contribution in [2.75, 3.05) is 13.2 Å². The Bertz CT molecular complexity index is 1160. The van der Waals surface area contributed by atoms with Crippen LogP contribution in [0, 0.1) is 0 Å². The minimum atomic E-state index is 0.584. The van der Waals surface area contributed by atoms with Crippen LogP contribution in [0.5, 0.6) is 11.5 Å². The molecule has 0 amide bonds. The first kappa shape index (κ1) is 18.1. The monoisotopic (exact) mass is 368 g/mol. The lowest BCUT2D eigenvalue weighted by Gasteiger charge is -2.20. The molecule has 2 heteroatoms. The summed E-state index contributed by atoms with van der Waals surface area (Å²) in [5, 5.41) is 4.64. The van der Waals surface area contributed by atoms with Gasteiger partial charge in [0.2, 0.25) is 0 Å². The topological polar surface area (TPSA) is 18.5 Å². The quantitative estimate of drug-likeness (QED) is 0.361. The predicted octanol–water partition coefficient (Wildman–Crippen LogP) is 7.10. The van der Waals surface area contributed by atoms with Gasteiger partial charge in [0.25, 0.3) is 0 Å². The second-order valence-corrected chi connectivity index (χ2v) is 6.62. The fourth-order valence-corrected chi connectivity index (χ4v) is 3.84. The SMILES string of the molecule is C=Cc1cc2ccccc2c(-c2c(OCC)ccc3ccccc23)c1OCC. The van der Waals surface area contributed by atoms with Gasteiger partial charge in [-0.15, -0.1) is 0 Å². The normalized spacial score (nSPS) is 10.9. The van der Waals surface area contributed by atoms with Crippen molar-refractivity contribution in [2.45, 2.75) is 13.8 Å². The molecule has 2 nitrogen and oxygen atoms in total. The van der Waals surface area contributed by atoms with Gasteiger partial charge in [0, 0.05) is 16.7 Å². The van der Waals surface area contributed by atoms with Crippen LogP contribution in [0.3, 0.4) is 0 Å². The van der Waals surface area contributed by atoms with Gasteiger partial charge in [0.15, 0.2) is 0 Å². The standard InChI is InChI=1S/C26H24O2/c1-4-18-17-20-12-8-10-14-22(20)25(26(18)28-6-3)24-21-13-9-7-11-19(21)15-16-23(24)27-5-2/h4,7-17H,1,5-6H2,2-3H3. The van der Waals surface area contributed by atoms with Crippen molar-refractivity contribution in [2.24, 2.45) is 0 Å². The van der Waals surface area contributed by atoms with E-state index in [1.165, 1.54) is 5.39 Å². The van der Waals surface area contributed by atoms with Crippen molar-refractivity contribution in [3.63, 3.8) is 0 Å². The third-order valence-electron chi connectivity index (χ3n) is 4.98. The predicted molar refractivity (Wildman–Crippen MR) is 119 cm³/mol. The largest absolute Gasteiger partial charge is 0.493 e. The molecule has 140 valence electrons. The first-order chi connectivity index (χ1) is 13.8. The Hall–Kier alpha value is -3.26. The summed E-state index contributed by atoms with van der Waals surface area (Å²) in [7, 11) is 0. The van der Waals surface area contributed by atoms with Crippen molar-refractivity contribution in [3.8, 4) is 22.6 Å². The molecular weight excluding hydrogens is 344 g/mol. The van der Waals surface area contributed by atoms with Crippen LogP contribution in [0.1, 0.15) is 19.4 Å². The summed E-state index contributed by atoms with van der Waals surface area (Å²) in [6, 6.07) is 23.2. The summed E-state index contributed by atoms with van der Waals surface area (Å²) in [5.74, 6) is 1.72. The van der Waals surface area contributed by atoms with Crippen molar-refractivity contribution >= 4 is 27.6 Å². The zero-order valence-electron chi connectivity index (χ0n) is 16.4. The molecule has 4 aromatic rings. The number of hydrogen-bond acceptors (Lipinski definition) is 2. The third-order valence-corrected chi connectivity index (χ3v) is 4.98. The maximum atomic E-state index is 6.18. The first-order valence-electron chi connectivity index (χ1n) is 9.74. The van der Waals surface area contributed by atoms with Gasteiger partial charge in [-0.2, -0.15) is 0 Å². The molecule has 0 N–H and O–H groups in total. The highest BCUT2D eigenvalue weighted by Crippen LogP contribution is 2.47. The van der Waals surface area contributed by atoms with E-state index in [0.29, 0.717) is 13.2 Å². The van der Waals surface area contributed by atoms with Crippen LogP contribution in [-0.2, 0) is 0 Å². The van der Waals surface area contributed by atoms with E-state index in [9.17, 15) is 0 Å². The van der Waals surface area contributed by atoms with Gasteiger partial charge in [-0.1, -0.05) is 67.3 Å². The zero-order valence-corrected chi connectivity index (χ0v) is 16.4. The molecule has 0 aliphatic heterocycles. The fraction of sp³-hybridized carbons (Fsp3) is 0.154. The number of rotatable bonds is 6. The average Bonchev–Trinajstić information content (AvgIpc) is 2.74. The van der Waals surface area contributed by atoms with E-state index in [1.54, 1.807) is 0 Å². The molecule has 4 aromatic carbocycles. The molecule has 0 aromatic heterocycles. The highest BCUT2D eigenvalue weighted by Gasteiger charge is 2.20. The maximum absolute atomic E-state index is 6.18. The zero-order chi connectivity index (χ0) is 19.5. The number of hydrogen-bond donors (Lipinski definition) is 0. The molecule has 0 saturated heterocycles. The van der Waals surface area contributed by atoms with E-state index in [4.69, 9.17) is 9.47 Å². The third kappa shape index (κ3) is 3.01. The van der Waals surface area contributed by atoms with E-state index in [-0.39, 0.29) is 0 Å². The Balaban J connectivity index is 2.21. The number of benzene rings is 4. The van der Waals surface area contributed by atoms with Gasteiger partial charge in [-0.05, 0) is 47.5 Å². The van der Waals surface area contributed by atoms with E-state index < -0.39 is 0 Å². The minimum absolute atomic E-state index is 0.584. The van der Waals surface area contributed by atoms with Gasteiger partial charge in [-0.3, -0.25) is 0 Å². The Labute approximate surface area is 166 Å². The summed E-state index contributed by atoms with van der Waals surface area (Å²) in [6.45, 7) is 9.24. The minimum Gasteiger partial charge on any atom is -0.493 e. The van der Waals surface area contributed by atoms with E-state index in [0.717, 1.165) is 44.3 Å². The van der Waals surface area contributed by atoms with Crippen LogP contribution in [0.2, 0.25) is 0 Å². The van der Waals surface area contributed by atoms with E-state index in [2.05, 4.69) is 73.3 Å². The lowest BCUT2D eigenvalue weighted by molar-refractivity contribution is 0.337. The lowest BCUT2D eigenvalue weighted by Crippen LogP contribution is -2.01. The van der Waals surface area contributed by atoms with Crippen molar-refractivity contribution in [1.29, 1.82) is 0 Å². The molecule has 0 bridgehead atoms. The van der Waals surface area contributed by atoms with Crippen LogP contribution in [0.25, 0.3) is 38.7 Å². The Morgan fingerprint density at radius 1 is 0.750 bits per heavy atom. The smallest absolute Gasteiger partial charge is 0.135 e. The fourth-order valence-electron chi connectivity index (χ4n) is 3.84. The van der Waals surface area contributed by atoms with Crippen molar-refractivity contribution in [3.05, 3.63) is 78.9 Å². The Kier molecular flexibility index (Phi) is 5.03. The first-order valence-corrected chi connectivity index (χ1v) is 9.74. The Morgan fingerprint density at radius 3 is 2.07 bits per heavy atom. The molecule has 0 aliphatic rings. The molecular formula is C26H24O2. The van der Waals surface area contributed by atoms with Crippen molar-refractivity contribution < 1.29 is 9.47 Å². The molecule has 0 spiro atoms. The van der Waals surface area contributed by atoms with Crippen molar-refractivity contribution in [1.82, 2.24) is 0 Å². The van der Waals surface area contributed by atoms with E-state index in [1.807, 2.05) is 19.9 Å². The summed E-state index contributed by atoms with van der Waals surface area (Å²) < 4.78 is 12.3. The summed E-state index contributed by atoms with van der Waals surface area (Å²) in [6.07, 6.45) is 1.87. The highest BCUT2D eigenvalue weighted by atomic mass is 16.5. The molecule has 0 radical (unpaired) electrons. The van der Waals surface area contributed by atoms with Crippen LogP contribution in [0.4, 0.5) is 0 Å². The molecule has 0 atom stereocenters. The lowest BCUT2D eigenvalue weighted by atomic mass is 9.90. The summed E-state index contributed by atoms with van der Waals surface area (Å²) in [5.41, 5.74) is 3.13. The van der Waals surface area contributed by atoms with Gasteiger partial charge < -0.3 is 9.47 Å². The molecule has 28 heavy (non-hydrogen) atoms. The van der Waals surface area contributed by atoms with E-state index >= 15 is 0 Å². The van der Waals surface area contributed by atoms with Gasteiger partial charge >= 0.3 is 0 Å². The molecule has 0 aliphatic carbocycles. The van der Waals surface area contributed by atoms with Crippen LogP contribution >= 0.6 is 0 Å². The van der Waals surface area contributed by atoms with Gasteiger partial charge in [0.05, 0.1) is 13.2 Å². The number of fused-ring (bicyclic) bond motifs is 2. The summed E-state index contributed by atoms with van der Waals surface area (Å²) >= 11 is 0. The molecule has 0 fully saturated rings. The molecule has 0 unspecified atom stereocenters. The molecule has 0 saturated carbocycles. The van der Waals surface area contributed by atoms with Gasteiger partial charge in [-0.25, -0.2) is 0 Å². The second kappa shape index (κ2) is 7.77. The second-order valence-electron chi connectivity index (χ2n) is 6.62. The van der Waals surface area contributed by atoms with Crippen LogP contribution in [-0.4, -0.2) is 13.2 Å². The van der Waals surface area contributed by atoms with Crippen LogP contribution in [0.15, 0.2) is 73.3 Å². The average molecular weight is 368 g/mol. The summed E-state index contributed by atoms with van der Waals surface area (Å²) in [4.78, 5) is 0. The Morgan fingerprint density at radius 2 is 1.39 bits per heavy atom. The number of ether oxygens (including phenoxy) is 2. The maximum Gasteiger partial charge on any atom is 0.135 e. The molecule has 0 heterocycles. The highest BCUT2D eigenvalue weighted by molar-refractivity contribution is 6.11. The van der Waals surface area contributed by atoms with Gasteiger partial charge in [0.1, 0.15) is 11.5 Å².